The number of hydrogen-bond donors (Lipinski definition) is 1. The smallest absolute Gasteiger partial charge is 0.242 e. The highest BCUT2D eigenvalue weighted by Crippen LogP contribution is 2.17. The van der Waals surface area contributed by atoms with Crippen molar-refractivity contribution in [1.82, 2.24) is 9.62 Å². The van der Waals surface area contributed by atoms with Crippen LogP contribution >= 0.6 is 0 Å². The summed E-state index contributed by atoms with van der Waals surface area (Å²) in [6, 6.07) is 3.79. The molecule has 1 aromatic carbocycles. The van der Waals surface area contributed by atoms with Crippen LogP contribution in [0.5, 0.6) is 0 Å². The molecule has 0 spiro atoms. The largest absolute Gasteiger partial charge is 0.316 e. The van der Waals surface area contributed by atoms with Crippen molar-refractivity contribution in [2.45, 2.75) is 11.4 Å². The van der Waals surface area contributed by atoms with E-state index in [-0.39, 0.29) is 4.90 Å². The Morgan fingerprint density at radius 2 is 2.00 bits per heavy atom. The van der Waals surface area contributed by atoms with E-state index < -0.39 is 15.8 Å². The molecule has 0 aliphatic rings. The Balaban J connectivity index is 3.23. The van der Waals surface area contributed by atoms with Gasteiger partial charge in [0.1, 0.15) is 5.82 Å². The molecule has 1 rings (SSSR count). The average Bonchev–Trinajstić information content (AvgIpc) is 2.21. The van der Waals surface area contributed by atoms with Crippen molar-refractivity contribution in [2.75, 3.05) is 21.1 Å². The second kappa shape index (κ2) is 4.90. The molecule has 0 fully saturated rings. The number of hydrogen-bond acceptors (Lipinski definition) is 3. The molecular weight excluding hydrogens is 231 g/mol. The Bertz CT molecular complexity index is 472. The standard InChI is InChI=1S/C10H15FN2O2S/c1-12-7-8-6-9(4-5-10(8)11)16(14,15)13(2)3/h4-6,12H,7H2,1-3H3. The number of nitrogens with one attached hydrogen (secondary N) is 1. The highest BCUT2D eigenvalue weighted by Gasteiger charge is 2.18. The van der Waals surface area contributed by atoms with Crippen molar-refractivity contribution in [3.05, 3.63) is 29.6 Å². The van der Waals surface area contributed by atoms with Gasteiger partial charge in [-0.3, -0.25) is 0 Å². The third-order valence-electron chi connectivity index (χ3n) is 2.16. The van der Waals surface area contributed by atoms with Crippen LogP contribution in [0.1, 0.15) is 5.56 Å². The maximum absolute atomic E-state index is 13.3. The summed E-state index contributed by atoms with van der Waals surface area (Å²) < 4.78 is 38.0. The zero-order valence-corrected chi connectivity index (χ0v) is 10.3. The lowest BCUT2D eigenvalue weighted by molar-refractivity contribution is 0.519. The monoisotopic (exact) mass is 246 g/mol. The van der Waals surface area contributed by atoms with Crippen LogP contribution in [0.2, 0.25) is 0 Å². The van der Waals surface area contributed by atoms with Gasteiger partial charge in [-0.2, -0.15) is 0 Å². The molecule has 0 aromatic heterocycles. The van der Waals surface area contributed by atoms with Gasteiger partial charge in [0.05, 0.1) is 4.90 Å². The lowest BCUT2D eigenvalue weighted by atomic mass is 10.2. The Hall–Kier alpha value is -0.980. The predicted molar refractivity (Wildman–Crippen MR) is 60.0 cm³/mol. The van der Waals surface area contributed by atoms with E-state index in [2.05, 4.69) is 5.32 Å². The van der Waals surface area contributed by atoms with Crippen molar-refractivity contribution >= 4 is 10.0 Å². The van der Waals surface area contributed by atoms with E-state index in [9.17, 15) is 12.8 Å². The molecule has 0 radical (unpaired) electrons. The van der Waals surface area contributed by atoms with Crippen LogP contribution in [0.3, 0.4) is 0 Å². The number of rotatable bonds is 4. The van der Waals surface area contributed by atoms with Gasteiger partial charge in [-0.05, 0) is 25.2 Å². The molecule has 0 atom stereocenters. The maximum atomic E-state index is 13.3. The van der Waals surface area contributed by atoms with Crippen LogP contribution in [0, 0.1) is 5.82 Å². The SMILES string of the molecule is CNCc1cc(S(=O)(=O)N(C)C)ccc1F. The van der Waals surface area contributed by atoms with Gasteiger partial charge in [0.25, 0.3) is 0 Å². The van der Waals surface area contributed by atoms with Gasteiger partial charge in [0, 0.05) is 26.2 Å². The van der Waals surface area contributed by atoms with Gasteiger partial charge >= 0.3 is 0 Å². The van der Waals surface area contributed by atoms with Gasteiger partial charge in [-0.1, -0.05) is 0 Å². The van der Waals surface area contributed by atoms with Gasteiger partial charge in [-0.15, -0.1) is 0 Å². The van der Waals surface area contributed by atoms with E-state index in [4.69, 9.17) is 0 Å². The van der Waals surface area contributed by atoms with Crippen molar-refractivity contribution in [2.24, 2.45) is 0 Å². The van der Waals surface area contributed by atoms with Crippen molar-refractivity contribution in [3.63, 3.8) is 0 Å². The fourth-order valence-corrected chi connectivity index (χ4v) is 2.20. The summed E-state index contributed by atoms with van der Waals surface area (Å²) in [5, 5.41) is 2.78. The topological polar surface area (TPSA) is 49.4 Å². The average molecular weight is 246 g/mol. The molecule has 1 N–H and O–H groups in total. The van der Waals surface area contributed by atoms with E-state index >= 15 is 0 Å². The highest BCUT2D eigenvalue weighted by molar-refractivity contribution is 7.89. The fraction of sp³-hybridized carbons (Fsp3) is 0.400. The van der Waals surface area contributed by atoms with Gasteiger partial charge in [0.15, 0.2) is 0 Å². The van der Waals surface area contributed by atoms with E-state index in [1.165, 1.54) is 32.3 Å². The van der Waals surface area contributed by atoms with Crippen LogP contribution in [-0.4, -0.2) is 33.9 Å². The van der Waals surface area contributed by atoms with Gasteiger partial charge in [0.2, 0.25) is 10.0 Å². The summed E-state index contributed by atoms with van der Waals surface area (Å²) in [6.45, 7) is 0.294. The van der Waals surface area contributed by atoms with Crippen LogP contribution < -0.4 is 5.32 Å². The summed E-state index contributed by atoms with van der Waals surface area (Å²) in [5.74, 6) is -0.410. The highest BCUT2D eigenvalue weighted by atomic mass is 32.2. The normalized spacial score (nSPS) is 12.1. The summed E-state index contributed by atoms with van der Waals surface area (Å²) in [7, 11) is 1.06. The fourth-order valence-electron chi connectivity index (χ4n) is 1.25. The molecular formula is C10H15FN2O2S. The van der Waals surface area contributed by atoms with Crippen LogP contribution in [-0.2, 0) is 16.6 Å². The summed E-state index contributed by atoms with van der Waals surface area (Å²) in [4.78, 5) is 0.101. The minimum Gasteiger partial charge on any atom is -0.316 e. The molecule has 0 unspecified atom stereocenters. The Labute approximate surface area is 95.1 Å². The second-order valence-electron chi connectivity index (χ2n) is 3.57. The van der Waals surface area contributed by atoms with E-state index in [1.807, 2.05) is 0 Å². The molecule has 0 saturated heterocycles. The van der Waals surface area contributed by atoms with Crippen molar-refractivity contribution in [3.8, 4) is 0 Å². The van der Waals surface area contributed by atoms with E-state index in [0.717, 1.165) is 4.31 Å². The predicted octanol–water partition coefficient (Wildman–Crippen LogP) is 0.795. The number of benzene rings is 1. The molecule has 90 valence electrons. The maximum Gasteiger partial charge on any atom is 0.242 e. The molecule has 0 bridgehead atoms. The summed E-state index contributed by atoms with van der Waals surface area (Å²) in [5.41, 5.74) is 0.338. The third-order valence-corrected chi connectivity index (χ3v) is 3.97. The lowest BCUT2D eigenvalue weighted by Gasteiger charge is -2.12. The summed E-state index contributed by atoms with van der Waals surface area (Å²) in [6.07, 6.45) is 0. The first kappa shape index (κ1) is 13.1. The molecule has 0 aliphatic heterocycles. The minimum atomic E-state index is -3.50. The molecule has 0 aliphatic carbocycles. The zero-order valence-electron chi connectivity index (χ0n) is 9.49. The first-order chi connectivity index (χ1) is 7.39. The molecule has 1 aromatic rings. The molecule has 0 saturated carbocycles. The molecule has 16 heavy (non-hydrogen) atoms. The van der Waals surface area contributed by atoms with Crippen LogP contribution in [0.4, 0.5) is 4.39 Å². The quantitative estimate of drug-likeness (QED) is 0.854. The lowest BCUT2D eigenvalue weighted by Crippen LogP contribution is -2.22. The first-order valence-corrected chi connectivity index (χ1v) is 6.19. The van der Waals surface area contributed by atoms with Crippen LogP contribution in [0.15, 0.2) is 23.1 Å². The Morgan fingerprint density at radius 3 is 2.50 bits per heavy atom. The minimum absolute atomic E-state index is 0.101. The van der Waals surface area contributed by atoms with Crippen LogP contribution in [0.25, 0.3) is 0 Å². The van der Waals surface area contributed by atoms with Gasteiger partial charge in [-0.25, -0.2) is 17.1 Å². The van der Waals surface area contributed by atoms with E-state index in [1.54, 1.807) is 7.05 Å². The number of halogens is 1. The zero-order chi connectivity index (χ0) is 12.3. The summed E-state index contributed by atoms with van der Waals surface area (Å²) >= 11 is 0. The number of nitrogens with zero attached hydrogens (tertiary/aromatic N) is 1. The Morgan fingerprint density at radius 1 is 1.38 bits per heavy atom. The number of sulfonamides is 1. The van der Waals surface area contributed by atoms with Gasteiger partial charge < -0.3 is 5.32 Å². The van der Waals surface area contributed by atoms with Crippen molar-refractivity contribution in [1.29, 1.82) is 0 Å². The molecule has 4 nitrogen and oxygen atoms in total. The molecule has 0 heterocycles. The van der Waals surface area contributed by atoms with Crippen molar-refractivity contribution < 1.29 is 12.8 Å². The first-order valence-electron chi connectivity index (χ1n) is 4.75. The second-order valence-corrected chi connectivity index (χ2v) is 5.72. The van der Waals surface area contributed by atoms with E-state index in [0.29, 0.717) is 12.1 Å². The molecule has 0 amide bonds. The third kappa shape index (κ3) is 2.58. The molecule has 6 heteroatoms. The Kier molecular flexibility index (Phi) is 4.01.